The maximum atomic E-state index is 11.4. The van der Waals surface area contributed by atoms with E-state index < -0.39 is 8.07 Å². The Hall–Kier alpha value is -0.613. The van der Waals surface area contributed by atoms with Crippen LogP contribution in [-0.4, -0.2) is 44.7 Å². The zero-order chi connectivity index (χ0) is 12.3. The standard InChI is InChI=1S/C12H23NO2Si/c1-6-15-12(14)11-8-13(11)7-10(2)9-16(3,4)5/h11H,2,6-9H2,1,3-5H3. The van der Waals surface area contributed by atoms with E-state index >= 15 is 0 Å². The van der Waals surface area contributed by atoms with Crippen LogP contribution in [0.5, 0.6) is 0 Å². The molecule has 1 aliphatic rings. The minimum Gasteiger partial charge on any atom is -0.465 e. The lowest BCUT2D eigenvalue weighted by Gasteiger charge is -2.17. The molecule has 2 atom stereocenters. The van der Waals surface area contributed by atoms with Gasteiger partial charge in [0, 0.05) is 21.2 Å². The number of rotatable bonds is 6. The summed E-state index contributed by atoms with van der Waals surface area (Å²) in [5, 5.41) is 0. The molecule has 16 heavy (non-hydrogen) atoms. The Bertz CT molecular complexity index is 283. The van der Waals surface area contributed by atoms with Gasteiger partial charge in [-0.1, -0.05) is 31.8 Å². The Kier molecular flexibility index (Phi) is 4.33. The van der Waals surface area contributed by atoms with E-state index in [1.165, 1.54) is 5.57 Å². The third kappa shape index (κ3) is 4.49. The van der Waals surface area contributed by atoms with E-state index in [-0.39, 0.29) is 12.0 Å². The summed E-state index contributed by atoms with van der Waals surface area (Å²) in [5.41, 5.74) is 1.26. The fourth-order valence-electron chi connectivity index (χ4n) is 1.90. The highest BCUT2D eigenvalue weighted by Crippen LogP contribution is 2.23. The lowest BCUT2D eigenvalue weighted by molar-refractivity contribution is -0.143. The molecule has 1 saturated heterocycles. The molecular formula is C12H23NO2Si. The molecule has 0 aromatic rings. The van der Waals surface area contributed by atoms with Gasteiger partial charge in [-0.2, -0.15) is 0 Å². The van der Waals surface area contributed by atoms with Crippen molar-refractivity contribution in [3.63, 3.8) is 0 Å². The first-order valence-corrected chi connectivity index (χ1v) is 9.61. The predicted molar refractivity (Wildman–Crippen MR) is 69.3 cm³/mol. The number of esters is 1. The Labute approximate surface area is 99.5 Å². The SMILES string of the molecule is C=C(CN1CC1C(=O)OCC)C[Si](C)(C)C. The minimum absolute atomic E-state index is 0.00154. The van der Waals surface area contributed by atoms with E-state index in [0.29, 0.717) is 6.61 Å². The average molecular weight is 241 g/mol. The number of hydrogen-bond donors (Lipinski definition) is 0. The van der Waals surface area contributed by atoms with Gasteiger partial charge >= 0.3 is 5.97 Å². The van der Waals surface area contributed by atoms with Crippen LogP contribution >= 0.6 is 0 Å². The van der Waals surface area contributed by atoms with Crippen LogP contribution in [0.25, 0.3) is 0 Å². The van der Waals surface area contributed by atoms with Crippen LogP contribution in [0.4, 0.5) is 0 Å². The predicted octanol–water partition coefficient (Wildman–Crippen LogP) is 2.13. The fourth-order valence-corrected chi connectivity index (χ4v) is 3.52. The van der Waals surface area contributed by atoms with Gasteiger partial charge in [-0.15, -0.1) is 0 Å². The van der Waals surface area contributed by atoms with Crippen molar-refractivity contribution in [2.75, 3.05) is 19.7 Å². The highest BCUT2D eigenvalue weighted by molar-refractivity contribution is 6.76. The van der Waals surface area contributed by atoms with Gasteiger partial charge in [0.25, 0.3) is 0 Å². The minimum atomic E-state index is -1.07. The molecule has 0 amide bonds. The highest BCUT2D eigenvalue weighted by Gasteiger charge is 2.41. The van der Waals surface area contributed by atoms with Crippen LogP contribution < -0.4 is 0 Å². The zero-order valence-corrected chi connectivity index (χ0v) is 11.9. The van der Waals surface area contributed by atoms with Crippen molar-refractivity contribution in [2.24, 2.45) is 0 Å². The van der Waals surface area contributed by atoms with Gasteiger partial charge in [0.2, 0.25) is 0 Å². The van der Waals surface area contributed by atoms with Crippen LogP contribution in [-0.2, 0) is 9.53 Å². The number of carbonyl (C=O) groups is 1. The maximum Gasteiger partial charge on any atom is 0.324 e. The van der Waals surface area contributed by atoms with Crippen LogP contribution in [0.1, 0.15) is 6.92 Å². The number of nitrogens with zero attached hydrogens (tertiary/aromatic N) is 1. The number of ether oxygens (including phenoxy) is 1. The molecule has 0 radical (unpaired) electrons. The van der Waals surface area contributed by atoms with Crippen molar-refractivity contribution in [1.29, 1.82) is 0 Å². The second kappa shape index (κ2) is 5.14. The Morgan fingerprint density at radius 3 is 2.62 bits per heavy atom. The Morgan fingerprint density at radius 2 is 2.12 bits per heavy atom. The van der Waals surface area contributed by atoms with E-state index in [1.54, 1.807) is 0 Å². The molecule has 1 rings (SSSR count). The molecular weight excluding hydrogens is 218 g/mol. The molecule has 0 spiro atoms. The highest BCUT2D eigenvalue weighted by atomic mass is 28.3. The first kappa shape index (κ1) is 13.5. The zero-order valence-electron chi connectivity index (χ0n) is 10.9. The monoisotopic (exact) mass is 241 g/mol. The van der Waals surface area contributed by atoms with Crippen molar-refractivity contribution >= 4 is 14.0 Å². The lowest BCUT2D eigenvalue weighted by atomic mass is 10.3. The van der Waals surface area contributed by atoms with Crippen LogP contribution in [0.2, 0.25) is 25.7 Å². The van der Waals surface area contributed by atoms with E-state index in [4.69, 9.17) is 4.74 Å². The molecule has 4 heteroatoms. The van der Waals surface area contributed by atoms with Crippen LogP contribution in [0.15, 0.2) is 12.2 Å². The first-order chi connectivity index (χ1) is 7.33. The fraction of sp³-hybridized carbons (Fsp3) is 0.750. The maximum absolute atomic E-state index is 11.4. The molecule has 0 aromatic heterocycles. The van der Waals surface area contributed by atoms with Crippen molar-refractivity contribution in [2.45, 2.75) is 38.7 Å². The summed E-state index contributed by atoms with van der Waals surface area (Å²) >= 11 is 0. The normalized spacial score (nSPS) is 24.0. The molecule has 3 nitrogen and oxygen atoms in total. The second-order valence-corrected chi connectivity index (χ2v) is 11.2. The molecule has 1 heterocycles. The molecule has 1 aliphatic heterocycles. The van der Waals surface area contributed by atoms with Gasteiger partial charge in [0.15, 0.2) is 0 Å². The molecule has 1 fully saturated rings. The average Bonchev–Trinajstić information content (AvgIpc) is 2.80. The summed E-state index contributed by atoms with van der Waals surface area (Å²) < 4.78 is 4.98. The lowest BCUT2D eigenvalue weighted by Crippen LogP contribution is -2.23. The van der Waals surface area contributed by atoms with E-state index in [9.17, 15) is 4.79 Å². The van der Waals surface area contributed by atoms with Gasteiger partial charge in [-0.25, -0.2) is 0 Å². The third-order valence-electron chi connectivity index (χ3n) is 2.48. The van der Waals surface area contributed by atoms with Gasteiger partial charge < -0.3 is 4.74 Å². The first-order valence-electron chi connectivity index (χ1n) is 5.91. The Balaban J connectivity index is 2.26. The van der Waals surface area contributed by atoms with Gasteiger partial charge in [0.1, 0.15) is 6.04 Å². The van der Waals surface area contributed by atoms with Crippen molar-refractivity contribution in [3.8, 4) is 0 Å². The molecule has 2 unspecified atom stereocenters. The van der Waals surface area contributed by atoms with Crippen LogP contribution in [0, 0.1) is 0 Å². The number of hydrogen-bond acceptors (Lipinski definition) is 3. The summed E-state index contributed by atoms with van der Waals surface area (Å²) in [6.45, 7) is 15.1. The Morgan fingerprint density at radius 1 is 1.50 bits per heavy atom. The molecule has 0 bridgehead atoms. The molecule has 0 saturated carbocycles. The van der Waals surface area contributed by atoms with E-state index in [1.807, 2.05) is 6.92 Å². The van der Waals surface area contributed by atoms with E-state index in [0.717, 1.165) is 19.1 Å². The van der Waals surface area contributed by atoms with Gasteiger partial charge in [0.05, 0.1) is 6.61 Å². The molecule has 0 aromatic carbocycles. The smallest absolute Gasteiger partial charge is 0.324 e. The van der Waals surface area contributed by atoms with Crippen molar-refractivity contribution in [3.05, 3.63) is 12.2 Å². The summed E-state index contributed by atoms with van der Waals surface area (Å²) in [7, 11) is -1.07. The van der Waals surface area contributed by atoms with Crippen LogP contribution in [0.3, 0.4) is 0 Å². The third-order valence-corrected chi connectivity index (χ3v) is 4.04. The summed E-state index contributed by atoms with van der Waals surface area (Å²) in [4.78, 5) is 13.5. The topological polar surface area (TPSA) is 29.3 Å². The van der Waals surface area contributed by atoms with Gasteiger partial charge in [-0.3, -0.25) is 9.69 Å². The van der Waals surface area contributed by atoms with Crippen molar-refractivity contribution < 1.29 is 9.53 Å². The van der Waals surface area contributed by atoms with E-state index in [2.05, 4.69) is 31.1 Å². The molecule has 0 aliphatic carbocycles. The second-order valence-electron chi connectivity index (χ2n) is 5.68. The number of carbonyl (C=O) groups excluding carboxylic acids is 1. The largest absolute Gasteiger partial charge is 0.465 e. The molecule has 0 N–H and O–H groups in total. The van der Waals surface area contributed by atoms with Crippen molar-refractivity contribution in [1.82, 2.24) is 4.90 Å². The summed E-state index contributed by atoms with van der Waals surface area (Å²) in [6.07, 6.45) is 0. The molecule has 92 valence electrons. The quantitative estimate of drug-likeness (QED) is 0.309. The summed E-state index contributed by atoms with van der Waals surface area (Å²) in [5.74, 6) is -0.0803. The van der Waals surface area contributed by atoms with Gasteiger partial charge in [-0.05, 0) is 13.0 Å². The summed E-state index contributed by atoms with van der Waals surface area (Å²) in [6, 6.07) is 1.14.